The second-order valence-corrected chi connectivity index (χ2v) is 8.54. The van der Waals surface area contributed by atoms with Crippen LogP contribution in [0.4, 0.5) is 10.8 Å². The summed E-state index contributed by atoms with van der Waals surface area (Å²) >= 11 is 1.34. The van der Waals surface area contributed by atoms with E-state index in [1.807, 2.05) is 18.2 Å². The molecule has 1 spiro atoms. The van der Waals surface area contributed by atoms with E-state index in [1.54, 1.807) is 6.20 Å². The summed E-state index contributed by atoms with van der Waals surface area (Å²) in [6.45, 7) is 2.69. The molecule has 1 aromatic heterocycles. The van der Waals surface area contributed by atoms with Crippen molar-refractivity contribution < 1.29 is 9.47 Å². The number of thiazole rings is 1. The normalized spacial score (nSPS) is 21.7. The van der Waals surface area contributed by atoms with Crippen molar-refractivity contribution in [2.24, 2.45) is 0 Å². The van der Waals surface area contributed by atoms with Gasteiger partial charge in [-0.1, -0.05) is 17.8 Å². The highest BCUT2D eigenvalue weighted by Gasteiger charge is 2.42. The molecule has 27 heavy (non-hydrogen) atoms. The molecule has 3 heterocycles. The molecule has 2 aromatic rings. The fraction of sp³-hybridized carbons (Fsp3) is 0.500. The number of aromatic nitrogens is 1. The molecule has 1 aromatic carbocycles. The first-order valence-corrected chi connectivity index (χ1v) is 10.4. The highest BCUT2D eigenvalue weighted by molar-refractivity contribution is 7.16. The molecule has 2 aliphatic heterocycles. The van der Waals surface area contributed by atoms with Gasteiger partial charge in [-0.25, -0.2) is 4.98 Å². The molecule has 0 unspecified atom stereocenters. The molecule has 0 atom stereocenters. The van der Waals surface area contributed by atoms with Crippen LogP contribution in [0.1, 0.15) is 42.5 Å². The summed E-state index contributed by atoms with van der Waals surface area (Å²) in [5, 5.41) is 12.9. The topological polar surface area (TPSA) is 70.4 Å². The van der Waals surface area contributed by atoms with Crippen LogP contribution in [-0.2, 0) is 11.3 Å². The number of likely N-dealkylation sites (tertiary alicyclic amines) is 1. The summed E-state index contributed by atoms with van der Waals surface area (Å²) in [6.07, 6.45) is 7.52. The fourth-order valence-electron chi connectivity index (χ4n) is 4.04. The van der Waals surface area contributed by atoms with Crippen LogP contribution in [0.2, 0.25) is 0 Å². The average Bonchev–Trinajstić information content (AvgIpc) is 3.10. The van der Waals surface area contributed by atoms with Crippen molar-refractivity contribution in [3.63, 3.8) is 0 Å². The Bertz CT molecular complexity index is 878. The number of anilines is 2. The van der Waals surface area contributed by atoms with Crippen molar-refractivity contribution in [2.75, 3.05) is 18.4 Å². The predicted molar refractivity (Wildman–Crippen MR) is 103 cm³/mol. The van der Waals surface area contributed by atoms with Crippen molar-refractivity contribution in [1.29, 1.82) is 5.26 Å². The van der Waals surface area contributed by atoms with Crippen molar-refractivity contribution in [1.82, 2.24) is 9.88 Å². The van der Waals surface area contributed by atoms with Gasteiger partial charge in [0, 0.05) is 43.2 Å². The number of rotatable bonds is 3. The average molecular weight is 382 g/mol. The van der Waals surface area contributed by atoms with Crippen LogP contribution < -0.4 is 10.1 Å². The maximum atomic E-state index is 8.92. The van der Waals surface area contributed by atoms with E-state index < -0.39 is 5.79 Å². The molecule has 0 bridgehead atoms. The Kier molecular flexibility index (Phi) is 4.27. The first-order valence-electron chi connectivity index (χ1n) is 9.56. The molecular formula is C20H22N4O2S. The van der Waals surface area contributed by atoms with Crippen LogP contribution in [-0.4, -0.2) is 34.8 Å². The molecule has 140 valence electrons. The number of nitrogens with one attached hydrogen (secondary N) is 1. The summed E-state index contributed by atoms with van der Waals surface area (Å²) < 4.78 is 12.5. The van der Waals surface area contributed by atoms with E-state index in [0.717, 1.165) is 49.0 Å². The van der Waals surface area contributed by atoms with Gasteiger partial charge in [-0.2, -0.15) is 5.26 Å². The number of hydrogen-bond donors (Lipinski definition) is 1. The Balaban J connectivity index is 1.26. The van der Waals surface area contributed by atoms with Gasteiger partial charge in [0.1, 0.15) is 16.7 Å². The molecule has 7 heteroatoms. The molecule has 3 aliphatic rings. The summed E-state index contributed by atoms with van der Waals surface area (Å²) in [4.78, 5) is 7.41. The van der Waals surface area contributed by atoms with Gasteiger partial charge in [-0.15, -0.1) is 0 Å². The first kappa shape index (κ1) is 17.0. The summed E-state index contributed by atoms with van der Waals surface area (Å²) in [5.74, 6) is 0.458. The quantitative estimate of drug-likeness (QED) is 0.865. The third kappa shape index (κ3) is 3.29. The van der Waals surface area contributed by atoms with Gasteiger partial charge in [0.2, 0.25) is 5.79 Å². The highest BCUT2D eigenvalue weighted by Crippen LogP contribution is 2.40. The Morgan fingerprint density at radius 1 is 1.30 bits per heavy atom. The van der Waals surface area contributed by atoms with Crippen molar-refractivity contribution in [3.05, 3.63) is 34.8 Å². The van der Waals surface area contributed by atoms with Crippen molar-refractivity contribution in [2.45, 2.75) is 50.5 Å². The minimum Gasteiger partial charge on any atom is -0.462 e. The van der Waals surface area contributed by atoms with Gasteiger partial charge in [0.15, 0.2) is 5.13 Å². The van der Waals surface area contributed by atoms with Gasteiger partial charge in [-0.05, 0) is 31.0 Å². The van der Waals surface area contributed by atoms with E-state index in [4.69, 9.17) is 14.7 Å². The number of benzene rings is 1. The van der Waals surface area contributed by atoms with Gasteiger partial charge in [0.25, 0.3) is 0 Å². The maximum Gasteiger partial charge on any atom is 0.213 e. The molecule has 2 fully saturated rings. The molecule has 1 saturated carbocycles. The lowest BCUT2D eigenvalue weighted by molar-refractivity contribution is -0.231. The Labute approximate surface area is 162 Å². The van der Waals surface area contributed by atoms with Crippen LogP contribution in [0.5, 0.6) is 5.75 Å². The molecule has 1 saturated heterocycles. The van der Waals surface area contributed by atoms with E-state index in [9.17, 15) is 0 Å². The second kappa shape index (κ2) is 6.79. The largest absolute Gasteiger partial charge is 0.462 e. The van der Waals surface area contributed by atoms with Crippen LogP contribution in [0.25, 0.3) is 0 Å². The zero-order chi connectivity index (χ0) is 18.3. The zero-order valence-corrected chi connectivity index (χ0v) is 15.9. The molecule has 0 radical (unpaired) electrons. The Morgan fingerprint density at radius 3 is 2.85 bits per heavy atom. The van der Waals surface area contributed by atoms with Crippen LogP contribution in [0, 0.1) is 11.3 Å². The van der Waals surface area contributed by atoms with Gasteiger partial charge in [0.05, 0.1) is 12.8 Å². The SMILES string of the molecule is N#Cc1cnc(Nc2ccc3c(c2)COC2(CCN(C4CCC4)CC2)O3)s1. The zero-order valence-electron chi connectivity index (χ0n) is 15.1. The third-order valence-electron chi connectivity index (χ3n) is 5.87. The van der Waals surface area contributed by atoms with E-state index in [2.05, 4.69) is 21.3 Å². The number of piperidine rings is 1. The van der Waals surface area contributed by atoms with Crippen molar-refractivity contribution in [3.8, 4) is 11.8 Å². The second-order valence-electron chi connectivity index (χ2n) is 7.51. The summed E-state index contributed by atoms with van der Waals surface area (Å²) in [6, 6.07) is 8.95. The molecule has 1 N–H and O–H groups in total. The number of hydrogen-bond acceptors (Lipinski definition) is 7. The highest BCUT2D eigenvalue weighted by atomic mass is 32.1. The fourth-order valence-corrected chi connectivity index (χ4v) is 4.68. The van der Waals surface area contributed by atoms with Gasteiger partial charge in [-0.3, -0.25) is 4.90 Å². The number of ether oxygens (including phenoxy) is 2. The Morgan fingerprint density at radius 2 is 2.15 bits per heavy atom. The number of nitrogens with zero attached hydrogens (tertiary/aromatic N) is 3. The lowest BCUT2D eigenvalue weighted by Crippen LogP contribution is -2.54. The van der Waals surface area contributed by atoms with E-state index in [-0.39, 0.29) is 0 Å². The first-order chi connectivity index (χ1) is 13.2. The van der Waals surface area contributed by atoms with Crippen LogP contribution in [0.15, 0.2) is 24.4 Å². The molecule has 5 rings (SSSR count). The van der Waals surface area contributed by atoms with E-state index in [0.29, 0.717) is 16.6 Å². The lowest BCUT2D eigenvalue weighted by Gasteiger charge is -2.47. The minimum absolute atomic E-state index is 0.459. The van der Waals surface area contributed by atoms with E-state index in [1.165, 1.54) is 30.6 Å². The summed E-state index contributed by atoms with van der Waals surface area (Å²) in [7, 11) is 0. The minimum atomic E-state index is -0.459. The lowest BCUT2D eigenvalue weighted by atomic mass is 9.89. The third-order valence-corrected chi connectivity index (χ3v) is 6.68. The maximum absolute atomic E-state index is 8.92. The van der Waals surface area contributed by atoms with Gasteiger partial charge < -0.3 is 14.8 Å². The van der Waals surface area contributed by atoms with E-state index >= 15 is 0 Å². The Hall–Kier alpha value is -2.14. The molecular weight excluding hydrogens is 360 g/mol. The number of nitriles is 1. The van der Waals surface area contributed by atoms with Crippen molar-refractivity contribution >= 4 is 22.2 Å². The monoisotopic (exact) mass is 382 g/mol. The van der Waals surface area contributed by atoms with Crippen LogP contribution in [0.3, 0.4) is 0 Å². The van der Waals surface area contributed by atoms with Crippen LogP contribution >= 0.6 is 11.3 Å². The summed E-state index contributed by atoms with van der Waals surface area (Å²) in [5.41, 5.74) is 1.97. The molecule has 6 nitrogen and oxygen atoms in total. The standard InChI is InChI=1S/C20H22N4O2S/c21-11-17-12-22-19(27-17)23-15-4-5-18-14(10-15)13-25-20(26-18)6-8-24(9-7-20)16-2-1-3-16/h4-5,10,12,16H,1-3,6-9,13H2,(H,22,23). The number of fused-ring (bicyclic) bond motifs is 1. The molecule has 0 amide bonds. The van der Waals surface area contributed by atoms with Gasteiger partial charge >= 0.3 is 0 Å². The predicted octanol–water partition coefficient (Wildman–Crippen LogP) is 4.01. The smallest absolute Gasteiger partial charge is 0.213 e. The molecule has 1 aliphatic carbocycles.